The second-order valence-electron chi connectivity index (χ2n) is 8.08. The number of likely N-dealkylation sites (N-methyl/N-ethyl adjacent to an activating group) is 1. The van der Waals surface area contributed by atoms with E-state index in [0.29, 0.717) is 37.4 Å². The van der Waals surface area contributed by atoms with Crippen LogP contribution in [0.2, 0.25) is 0 Å². The molecule has 0 radical (unpaired) electrons. The Morgan fingerprint density at radius 3 is 2.03 bits per heavy atom. The number of amides is 1. The maximum atomic E-state index is 12.8. The van der Waals surface area contributed by atoms with Crippen LogP contribution in [0, 0.1) is 0 Å². The topological polar surface area (TPSA) is 81.8 Å². The predicted molar refractivity (Wildman–Crippen MR) is 138 cm³/mol. The molecule has 0 unspecified atom stereocenters. The first-order valence-electron chi connectivity index (χ1n) is 10.9. The van der Waals surface area contributed by atoms with Gasteiger partial charge in [0.25, 0.3) is 5.91 Å². The van der Waals surface area contributed by atoms with E-state index in [4.69, 9.17) is 12.2 Å². The van der Waals surface area contributed by atoms with Crippen molar-refractivity contribution in [3.63, 3.8) is 0 Å². The molecule has 3 aromatic carbocycles. The van der Waals surface area contributed by atoms with Crippen LogP contribution in [0.4, 0.5) is 5.69 Å². The summed E-state index contributed by atoms with van der Waals surface area (Å²) in [4.78, 5) is 14.9. The van der Waals surface area contributed by atoms with E-state index < -0.39 is 10.0 Å². The lowest BCUT2D eigenvalue weighted by atomic mass is 10.0. The van der Waals surface area contributed by atoms with Crippen LogP contribution in [-0.4, -0.2) is 61.9 Å². The molecule has 1 heterocycles. The van der Waals surface area contributed by atoms with Crippen molar-refractivity contribution in [1.82, 2.24) is 14.5 Å². The number of nitrogens with one attached hydrogen (secondary N) is 2. The monoisotopic (exact) mass is 494 g/mol. The molecule has 0 atom stereocenters. The van der Waals surface area contributed by atoms with Crippen molar-refractivity contribution in [3.05, 3.63) is 84.4 Å². The molecule has 9 heteroatoms. The molecule has 0 spiro atoms. The minimum Gasteiger partial charge on any atom is -0.332 e. The van der Waals surface area contributed by atoms with Crippen LogP contribution in [0.25, 0.3) is 11.1 Å². The van der Waals surface area contributed by atoms with Gasteiger partial charge in [0.15, 0.2) is 5.11 Å². The summed E-state index contributed by atoms with van der Waals surface area (Å²) in [5.74, 6) is -0.327. The highest BCUT2D eigenvalue weighted by Gasteiger charge is 2.27. The van der Waals surface area contributed by atoms with Crippen LogP contribution in [0.1, 0.15) is 10.4 Å². The Kier molecular flexibility index (Phi) is 7.38. The van der Waals surface area contributed by atoms with Gasteiger partial charge in [-0.2, -0.15) is 4.31 Å². The van der Waals surface area contributed by atoms with Crippen LogP contribution in [0.15, 0.2) is 83.8 Å². The van der Waals surface area contributed by atoms with Crippen LogP contribution < -0.4 is 10.6 Å². The van der Waals surface area contributed by atoms with Crippen LogP contribution in [-0.2, 0) is 10.0 Å². The van der Waals surface area contributed by atoms with E-state index in [2.05, 4.69) is 15.5 Å². The molecule has 2 N–H and O–H groups in total. The van der Waals surface area contributed by atoms with Gasteiger partial charge in [0.2, 0.25) is 10.0 Å². The van der Waals surface area contributed by atoms with E-state index in [1.165, 1.54) is 4.31 Å². The van der Waals surface area contributed by atoms with Gasteiger partial charge in [0.05, 0.1) is 4.90 Å². The van der Waals surface area contributed by atoms with E-state index in [9.17, 15) is 13.2 Å². The Balaban J connectivity index is 1.34. The van der Waals surface area contributed by atoms with E-state index in [0.717, 1.165) is 11.1 Å². The number of carbonyl (C=O) groups is 1. The molecule has 1 saturated heterocycles. The molecule has 0 aromatic heterocycles. The van der Waals surface area contributed by atoms with Crippen LogP contribution in [0.5, 0.6) is 0 Å². The van der Waals surface area contributed by atoms with Gasteiger partial charge in [0, 0.05) is 37.4 Å². The SMILES string of the molecule is CN1CCN(S(=O)(=O)c2ccc(NC(=S)NC(=O)c3ccc(-c4ccccc4)cc3)cc2)CC1. The average Bonchev–Trinajstić information content (AvgIpc) is 2.85. The summed E-state index contributed by atoms with van der Waals surface area (Å²) in [7, 11) is -1.56. The van der Waals surface area contributed by atoms with E-state index >= 15 is 0 Å². The molecule has 0 bridgehead atoms. The molecule has 1 amide bonds. The summed E-state index contributed by atoms with van der Waals surface area (Å²) >= 11 is 5.26. The molecule has 1 aliphatic rings. The van der Waals surface area contributed by atoms with Crippen LogP contribution >= 0.6 is 12.2 Å². The Hall–Kier alpha value is -3.11. The van der Waals surface area contributed by atoms with E-state index in [-0.39, 0.29) is 15.9 Å². The predicted octanol–water partition coefficient (Wildman–Crippen LogP) is 3.42. The fraction of sp³-hybridized carbons (Fsp3) is 0.200. The number of benzene rings is 3. The van der Waals surface area contributed by atoms with Crippen molar-refractivity contribution in [2.75, 3.05) is 38.5 Å². The number of rotatable bonds is 5. The van der Waals surface area contributed by atoms with Crippen LogP contribution in [0.3, 0.4) is 0 Å². The average molecular weight is 495 g/mol. The van der Waals surface area contributed by atoms with Gasteiger partial charge in [-0.1, -0.05) is 42.5 Å². The number of carbonyl (C=O) groups excluding carboxylic acids is 1. The third kappa shape index (κ3) is 5.68. The Labute approximate surface area is 205 Å². The van der Waals surface area contributed by atoms with Gasteiger partial charge in [-0.05, 0) is 66.8 Å². The van der Waals surface area contributed by atoms with Crippen molar-refractivity contribution in [3.8, 4) is 11.1 Å². The molecule has 1 aliphatic heterocycles. The van der Waals surface area contributed by atoms with Gasteiger partial charge in [-0.3, -0.25) is 10.1 Å². The second-order valence-corrected chi connectivity index (χ2v) is 10.4. The summed E-state index contributed by atoms with van der Waals surface area (Å²) in [6.07, 6.45) is 0. The third-order valence-corrected chi connectivity index (χ3v) is 7.81. The zero-order valence-electron chi connectivity index (χ0n) is 18.8. The highest BCUT2D eigenvalue weighted by Crippen LogP contribution is 2.21. The van der Waals surface area contributed by atoms with Crippen molar-refractivity contribution in [2.24, 2.45) is 0 Å². The standard InChI is InChI=1S/C25H26N4O3S2/c1-28-15-17-29(18-16-28)34(31,32)23-13-11-22(12-14-23)26-25(33)27-24(30)21-9-7-20(8-10-21)19-5-3-2-4-6-19/h2-14H,15-18H2,1H3,(H2,26,27,30,33). The zero-order chi connectivity index (χ0) is 24.1. The van der Waals surface area contributed by atoms with Crippen molar-refractivity contribution in [2.45, 2.75) is 4.90 Å². The van der Waals surface area contributed by atoms with Crippen molar-refractivity contribution < 1.29 is 13.2 Å². The summed E-state index contributed by atoms with van der Waals surface area (Å²) in [5, 5.41) is 5.71. The number of anilines is 1. The Morgan fingerprint density at radius 1 is 0.824 bits per heavy atom. The molecular weight excluding hydrogens is 468 g/mol. The summed E-state index contributed by atoms with van der Waals surface area (Å²) < 4.78 is 27.2. The first-order valence-corrected chi connectivity index (χ1v) is 12.7. The van der Waals surface area contributed by atoms with E-state index in [1.54, 1.807) is 36.4 Å². The lowest BCUT2D eigenvalue weighted by Gasteiger charge is -2.31. The minimum atomic E-state index is -3.53. The third-order valence-electron chi connectivity index (χ3n) is 5.69. The van der Waals surface area contributed by atoms with Gasteiger partial charge in [-0.15, -0.1) is 0 Å². The molecule has 0 saturated carbocycles. The Morgan fingerprint density at radius 2 is 1.41 bits per heavy atom. The smallest absolute Gasteiger partial charge is 0.257 e. The molecule has 1 fully saturated rings. The van der Waals surface area contributed by atoms with Gasteiger partial charge in [-0.25, -0.2) is 8.42 Å². The zero-order valence-corrected chi connectivity index (χ0v) is 20.4. The van der Waals surface area contributed by atoms with E-state index in [1.807, 2.05) is 49.5 Å². The molecule has 3 aromatic rings. The highest BCUT2D eigenvalue weighted by molar-refractivity contribution is 7.89. The Bertz CT molecular complexity index is 1250. The maximum Gasteiger partial charge on any atom is 0.257 e. The number of hydrogen-bond donors (Lipinski definition) is 2. The number of hydrogen-bond acceptors (Lipinski definition) is 5. The largest absolute Gasteiger partial charge is 0.332 e. The number of thiocarbonyl (C=S) groups is 1. The molecule has 34 heavy (non-hydrogen) atoms. The van der Waals surface area contributed by atoms with Crippen molar-refractivity contribution in [1.29, 1.82) is 0 Å². The molecule has 176 valence electrons. The van der Waals surface area contributed by atoms with Gasteiger partial charge in [0.1, 0.15) is 0 Å². The number of sulfonamides is 1. The molecular formula is C25H26N4O3S2. The quantitative estimate of drug-likeness (QED) is 0.529. The molecule has 4 rings (SSSR count). The van der Waals surface area contributed by atoms with Crippen molar-refractivity contribution >= 4 is 38.9 Å². The second kappa shape index (κ2) is 10.4. The maximum absolute atomic E-state index is 12.8. The molecule has 7 nitrogen and oxygen atoms in total. The normalized spacial score (nSPS) is 15.0. The summed E-state index contributed by atoms with van der Waals surface area (Å²) in [6, 6.07) is 23.5. The lowest BCUT2D eigenvalue weighted by molar-refractivity contribution is 0.0977. The summed E-state index contributed by atoms with van der Waals surface area (Å²) in [6.45, 7) is 2.37. The fourth-order valence-electron chi connectivity index (χ4n) is 3.67. The molecule has 0 aliphatic carbocycles. The number of nitrogens with zero attached hydrogens (tertiary/aromatic N) is 2. The fourth-order valence-corrected chi connectivity index (χ4v) is 5.30. The lowest BCUT2D eigenvalue weighted by Crippen LogP contribution is -2.46. The first kappa shape index (κ1) is 24.0. The minimum absolute atomic E-state index is 0.131. The first-order chi connectivity index (χ1) is 16.3. The highest BCUT2D eigenvalue weighted by atomic mass is 32.2. The van der Waals surface area contributed by atoms with Gasteiger partial charge < -0.3 is 10.2 Å². The summed E-state index contributed by atoms with van der Waals surface area (Å²) in [5.41, 5.74) is 3.16. The number of piperazine rings is 1. The van der Waals surface area contributed by atoms with Gasteiger partial charge >= 0.3 is 0 Å².